The number of aliphatic hydroxyl groups is 1. The number of likely N-dealkylation sites (tertiary alicyclic amines) is 1. The lowest BCUT2D eigenvalue weighted by Gasteiger charge is -2.47. The maximum absolute atomic E-state index is 11.6. The maximum Gasteiger partial charge on any atom is 0.213 e. The van der Waals surface area contributed by atoms with Gasteiger partial charge in [0.1, 0.15) is 5.60 Å². The Kier molecular flexibility index (Phi) is 6.80. The third-order valence-electron chi connectivity index (χ3n) is 8.02. The highest BCUT2D eigenvalue weighted by Crippen LogP contribution is 2.53. The van der Waals surface area contributed by atoms with Crippen molar-refractivity contribution in [3.05, 3.63) is 35.4 Å². The largest absolute Gasteiger partial charge is 0.390 e. The van der Waals surface area contributed by atoms with Crippen molar-refractivity contribution in [2.45, 2.75) is 74.7 Å². The molecule has 6 nitrogen and oxygen atoms in total. The van der Waals surface area contributed by atoms with E-state index in [4.69, 9.17) is 9.88 Å². The fraction of sp³-hybridized carbons (Fsp3) is 0.750. The van der Waals surface area contributed by atoms with Gasteiger partial charge in [-0.2, -0.15) is 0 Å². The van der Waals surface area contributed by atoms with Crippen molar-refractivity contribution in [3.63, 3.8) is 0 Å². The molecular formula is C24H38N2O4S. The van der Waals surface area contributed by atoms with Crippen LogP contribution in [-0.2, 0) is 26.1 Å². The lowest BCUT2D eigenvalue weighted by atomic mass is 9.74. The van der Waals surface area contributed by atoms with E-state index in [1.54, 1.807) is 7.11 Å². The van der Waals surface area contributed by atoms with Crippen LogP contribution in [0.2, 0.25) is 0 Å². The lowest BCUT2D eigenvalue weighted by Crippen LogP contribution is -2.53. The molecule has 0 aromatic heterocycles. The average molecular weight is 451 g/mol. The normalized spacial score (nSPS) is 31.1. The van der Waals surface area contributed by atoms with Crippen LogP contribution in [0.1, 0.15) is 68.9 Å². The first-order valence-electron chi connectivity index (χ1n) is 11.8. The Bertz CT molecular complexity index is 852. The minimum atomic E-state index is -3.57. The maximum atomic E-state index is 11.6. The summed E-state index contributed by atoms with van der Waals surface area (Å²) in [6, 6.07) is 7.81. The third-order valence-corrected chi connectivity index (χ3v) is 8.75. The first-order chi connectivity index (χ1) is 14.7. The van der Waals surface area contributed by atoms with Crippen molar-refractivity contribution in [3.8, 4) is 0 Å². The van der Waals surface area contributed by atoms with E-state index in [0.29, 0.717) is 11.8 Å². The van der Waals surface area contributed by atoms with E-state index < -0.39 is 15.6 Å². The van der Waals surface area contributed by atoms with E-state index in [1.807, 2.05) is 18.2 Å². The summed E-state index contributed by atoms with van der Waals surface area (Å²) in [6.07, 6.45) is 9.69. The monoisotopic (exact) mass is 450 g/mol. The number of ether oxygens (including phenoxy) is 1. The van der Waals surface area contributed by atoms with Crippen LogP contribution in [-0.4, -0.2) is 50.8 Å². The van der Waals surface area contributed by atoms with Crippen LogP contribution in [0.5, 0.6) is 0 Å². The van der Waals surface area contributed by atoms with E-state index >= 15 is 0 Å². The molecule has 1 aromatic carbocycles. The molecule has 4 rings (SSSR count). The van der Waals surface area contributed by atoms with Gasteiger partial charge in [-0.25, -0.2) is 13.6 Å². The van der Waals surface area contributed by atoms with Crippen LogP contribution in [0.15, 0.2) is 24.3 Å². The Morgan fingerprint density at radius 3 is 2.45 bits per heavy atom. The van der Waals surface area contributed by atoms with E-state index in [-0.39, 0.29) is 11.4 Å². The zero-order chi connectivity index (χ0) is 22.1. The van der Waals surface area contributed by atoms with Crippen LogP contribution < -0.4 is 5.14 Å². The molecule has 7 heteroatoms. The summed E-state index contributed by atoms with van der Waals surface area (Å²) in [6.45, 7) is 3.00. The number of nitrogens with zero attached hydrogens (tertiary/aromatic N) is 1. The molecule has 3 fully saturated rings. The summed E-state index contributed by atoms with van der Waals surface area (Å²) >= 11 is 0. The SMILES string of the molecule is COC1(c2cccc(CS(N)(=O)=O)c2)C2CCC1CN(CCCC1(O)CCCCC1)C2. The molecule has 0 radical (unpaired) electrons. The fourth-order valence-corrected chi connectivity index (χ4v) is 7.29. The molecule has 3 aliphatic rings. The van der Waals surface area contributed by atoms with Crippen molar-refractivity contribution >= 4 is 10.0 Å². The quantitative estimate of drug-likeness (QED) is 0.635. The van der Waals surface area contributed by atoms with Crippen LogP contribution in [0, 0.1) is 11.8 Å². The minimum Gasteiger partial charge on any atom is -0.390 e. The Balaban J connectivity index is 1.43. The second-order valence-electron chi connectivity index (χ2n) is 10.1. The molecule has 2 aliphatic carbocycles. The molecule has 0 spiro atoms. The van der Waals surface area contributed by atoms with Gasteiger partial charge in [0.15, 0.2) is 0 Å². The topological polar surface area (TPSA) is 92.9 Å². The first-order valence-corrected chi connectivity index (χ1v) is 13.6. The first kappa shape index (κ1) is 23.2. The van der Waals surface area contributed by atoms with Gasteiger partial charge in [0.05, 0.1) is 11.4 Å². The predicted octanol–water partition coefficient (Wildman–Crippen LogP) is 3.13. The molecule has 0 amide bonds. The lowest BCUT2D eigenvalue weighted by molar-refractivity contribution is -0.119. The summed E-state index contributed by atoms with van der Waals surface area (Å²) in [5, 5.41) is 16.1. The number of methoxy groups -OCH3 is 1. The van der Waals surface area contributed by atoms with Gasteiger partial charge >= 0.3 is 0 Å². The summed E-state index contributed by atoms with van der Waals surface area (Å²) < 4.78 is 29.4. The Hall–Kier alpha value is -0.990. The van der Waals surface area contributed by atoms with E-state index in [2.05, 4.69) is 11.0 Å². The highest BCUT2D eigenvalue weighted by atomic mass is 32.2. The Labute approximate surface area is 187 Å². The highest BCUT2D eigenvalue weighted by molar-refractivity contribution is 7.88. The van der Waals surface area contributed by atoms with Crippen molar-refractivity contribution in [2.75, 3.05) is 26.7 Å². The molecule has 1 saturated heterocycles. The van der Waals surface area contributed by atoms with Gasteiger partial charge in [-0.05, 0) is 56.2 Å². The zero-order valence-electron chi connectivity index (χ0n) is 18.8. The molecule has 1 aromatic rings. The predicted molar refractivity (Wildman–Crippen MR) is 122 cm³/mol. The van der Waals surface area contributed by atoms with Gasteiger partial charge in [-0.15, -0.1) is 0 Å². The molecule has 31 heavy (non-hydrogen) atoms. The molecule has 1 aliphatic heterocycles. The second kappa shape index (κ2) is 9.10. The van der Waals surface area contributed by atoms with Crippen molar-refractivity contribution in [1.82, 2.24) is 4.90 Å². The van der Waals surface area contributed by atoms with Gasteiger partial charge in [0.2, 0.25) is 10.0 Å². The van der Waals surface area contributed by atoms with Crippen LogP contribution in [0.4, 0.5) is 0 Å². The number of hydrogen-bond donors (Lipinski definition) is 2. The molecule has 3 N–H and O–H groups in total. The summed E-state index contributed by atoms with van der Waals surface area (Å²) in [7, 11) is -1.77. The van der Waals surface area contributed by atoms with E-state index in [9.17, 15) is 13.5 Å². The number of benzene rings is 1. The Morgan fingerprint density at radius 1 is 1.16 bits per heavy atom. The molecule has 1 heterocycles. The standard InChI is InChI=1S/C24H38N2O4S/c1-30-24(20-8-5-7-19(15-20)18-31(25,28)29)21-9-10-22(24)17-26(16-21)14-6-13-23(27)11-3-2-4-12-23/h5,7-8,15,21-22,27H,2-4,6,9-14,16-18H2,1H3,(H2,25,28,29). The van der Waals surface area contributed by atoms with Gasteiger partial charge < -0.3 is 14.7 Å². The van der Waals surface area contributed by atoms with Crippen molar-refractivity contribution in [2.24, 2.45) is 17.0 Å². The second-order valence-corrected chi connectivity index (χ2v) is 11.7. The number of rotatable bonds is 8. The summed E-state index contributed by atoms with van der Waals surface area (Å²) in [4.78, 5) is 2.56. The molecular weight excluding hydrogens is 412 g/mol. The van der Waals surface area contributed by atoms with Crippen molar-refractivity contribution < 1.29 is 18.3 Å². The number of piperidine rings is 1. The van der Waals surface area contributed by atoms with Gasteiger partial charge in [-0.3, -0.25) is 0 Å². The molecule has 2 atom stereocenters. The highest BCUT2D eigenvalue weighted by Gasteiger charge is 2.55. The molecule has 174 valence electrons. The van der Waals surface area contributed by atoms with Crippen LogP contribution in [0.25, 0.3) is 0 Å². The number of fused-ring (bicyclic) bond motifs is 2. The fourth-order valence-electron chi connectivity index (χ4n) is 6.65. The number of hydrogen-bond acceptors (Lipinski definition) is 5. The number of nitrogens with two attached hydrogens (primary N) is 1. The third kappa shape index (κ3) is 5.01. The van der Waals surface area contributed by atoms with Gasteiger partial charge in [0, 0.05) is 32.0 Å². The Morgan fingerprint density at radius 2 is 1.84 bits per heavy atom. The van der Waals surface area contributed by atoms with Crippen molar-refractivity contribution in [1.29, 1.82) is 0 Å². The molecule has 2 bridgehead atoms. The molecule has 2 saturated carbocycles. The number of primary sulfonamides is 1. The minimum absolute atomic E-state index is 0.148. The van der Waals surface area contributed by atoms with E-state index in [1.165, 1.54) is 6.42 Å². The van der Waals surface area contributed by atoms with Gasteiger partial charge in [0.25, 0.3) is 0 Å². The zero-order valence-corrected chi connectivity index (χ0v) is 19.6. The number of sulfonamides is 1. The smallest absolute Gasteiger partial charge is 0.213 e. The molecule has 2 unspecified atom stereocenters. The van der Waals surface area contributed by atoms with Crippen LogP contribution in [0.3, 0.4) is 0 Å². The average Bonchev–Trinajstić information content (AvgIpc) is 2.90. The summed E-state index contributed by atoms with van der Waals surface area (Å²) in [5.74, 6) is 0.628. The summed E-state index contributed by atoms with van der Waals surface area (Å²) in [5.41, 5.74) is 1.01. The van der Waals surface area contributed by atoms with Gasteiger partial charge in [-0.1, -0.05) is 43.5 Å². The van der Waals surface area contributed by atoms with Crippen LogP contribution >= 0.6 is 0 Å². The van der Waals surface area contributed by atoms with E-state index in [0.717, 1.165) is 82.1 Å².